The zero-order chi connectivity index (χ0) is 26.1. The van der Waals surface area contributed by atoms with Gasteiger partial charge in [-0.25, -0.2) is 4.68 Å². The Hall–Kier alpha value is -4.01. The molecule has 5 rings (SSSR count). The van der Waals surface area contributed by atoms with Gasteiger partial charge in [0.25, 0.3) is 5.91 Å². The molecule has 4 aromatic rings. The van der Waals surface area contributed by atoms with E-state index in [4.69, 9.17) is 37.8 Å². The Kier molecular flexibility index (Phi) is 6.78. The maximum atomic E-state index is 13.7. The van der Waals surface area contributed by atoms with Gasteiger partial charge < -0.3 is 20.1 Å². The molecule has 1 aliphatic rings. The second kappa shape index (κ2) is 10.2. The number of methoxy groups -OCH3 is 2. The molecule has 0 bridgehead atoms. The highest BCUT2D eigenvalue weighted by molar-refractivity contribution is 6.42. The fraction of sp³-hybridized carbons (Fsp3) is 0.148. The van der Waals surface area contributed by atoms with Crippen molar-refractivity contribution in [3.63, 3.8) is 0 Å². The number of hydrogen-bond donors (Lipinski definition) is 2. The highest BCUT2D eigenvalue weighted by Crippen LogP contribution is 2.38. The van der Waals surface area contributed by atoms with Gasteiger partial charge in [0.2, 0.25) is 5.95 Å². The monoisotopic (exact) mass is 535 g/mol. The molecular weight excluding hydrogens is 513 g/mol. The molecule has 8 nitrogen and oxygen atoms in total. The number of hydrogen-bond acceptors (Lipinski definition) is 6. The van der Waals surface area contributed by atoms with E-state index in [1.807, 2.05) is 43.3 Å². The van der Waals surface area contributed by atoms with Crippen molar-refractivity contribution in [2.24, 2.45) is 0 Å². The van der Waals surface area contributed by atoms with Gasteiger partial charge in [0.15, 0.2) is 5.82 Å². The number of carbonyl (C=O) groups is 1. The highest BCUT2D eigenvalue weighted by atomic mass is 35.5. The first-order valence-electron chi connectivity index (χ1n) is 11.4. The van der Waals surface area contributed by atoms with Crippen LogP contribution < -0.4 is 20.1 Å². The fourth-order valence-electron chi connectivity index (χ4n) is 4.23. The predicted molar refractivity (Wildman–Crippen MR) is 145 cm³/mol. The van der Waals surface area contributed by atoms with E-state index in [1.54, 1.807) is 49.2 Å². The van der Waals surface area contributed by atoms with Crippen molar-refractivity contribution in [3.8, 4) is 22.9 Å². The van der Waals surface area contributed by atoms with Crippen LogP contribution in [0.3, 0.4) is 0 Å². The lowest BCUT2D eigenvalue weighted by Crippen LogP contribution is -2.31. The predicted octanol–water partition coefficient (Wildman–Crippen LogP) is 6.20. The van der Waals surface area contributed by atoms with Crippen LogP contribution in [0.2, 0.25) is 10.0 Å². The number of allylic oxidation sites excluding steroid dienone is 1. The molecule has 37 heavy (non-hydrogen) atoms. The molecule has 188 valence electrons. The topological polar surface area (TPSA) is 90.3 Å². The van der Waals surface area contributed by atoms with Crippen molar-refractivity contribution in [2.75, 3.05) is 24.9 Å². The van der Waals surface area contributed by atoms with Crippen LogP contribution in [-0.4, -0.2) is 34.9 Å². The van der Waals surface area contributed by atoms with Crippen molar-refractivity contribution in [1.82, 2.24) is 14.8 Å². The van der Waals surface area contributed by atoms with Crippen LogP contribution in [0.4, 0.5) is 11.6 Å². The number of fused-ring (bicyclic) bond motifs is 1. The summed E-state index contributed by atoms with van der Waals surface area (Å²) in [6.45, 7) is 1.84. The van der Waals surface area contributed by atoms with Gasteiger partial charge in [0, 0.05) is 11.3 Å². The van der Waals surface area contributed by atoms with Crippen LogP contribution in [-0.2, 0) is 4.79 Å². The molecule has 1 aromatic heterocycles. The molecule has 1 atom stereocenters. The molecule has 2 heterocycles. The van der Waals surface area contributed by atoms with Crippen LogP contribution in [0.5, 0.6) is 11.5 Å². The summed E-state index contributed by atoms with van der Waals surface area (Å²) >= 11 is 12.3. The number of rotatable bonds is 6. The minimum absolute atomic E-state index is 0.299. The first-order valence-corrected chi connectivity index (χ1v) is 12.1. The standard InChI is InChI=1S/C27H23Cl2N5O3/c1-15-23(26(35)31-21-6-4-5-7-22(21)37-3)24(16-8-11-18(36-2)12-9-16)34-27(30-15)32-25(33-34)17-10-13-19(28)20(29)14-17/h4-14,24H,1-3H3,(H,31,35)(H,30,32,33). The zero-order valence-electron chi connectivity index (χ0n) is 20.3. The average molecular weight is 536 g/mol. The quantitative estimate of drug-likeness (QED) is 0.305. The molecule has 0 spiro atoms. The lowest BCUT2D eigenvalue weighted by molar-refractivity contribution is -0.113. The Morgan fingerprint density at radius 2 is 1.76 bits per heavy atom. The number of ether oxygens (including phenoxy) is 2. The van der Waals surface area contributed by atoms with Crippen LogP contribution >= 0.6 is 23.2 Å². The van der Waals surface area contributed by atoms with E-state index in [0.29, 0.717) is 55.8 Å². The number of amides is 1. The van der Waals surface area contributed by atoms with E-state index in [9.17, 15) is 4.79 Å². The number of halogens is 2. The molecule has 0 aliphatic carbocycles. The van der Waals surface area contributed by atoms with Crippen molar-refractivity contribution in [3.05, 3.63) is 93.6 Å². The maximum absolute atomic E-state index is 13.7. The molecule has 1 amide bonds. The normalized spacial score (nSPS) is 14.6. The Labute approximate surface area is 223 Å². The minimum Gasteiger partial charge on any atom is -0.497 e. The smallest absolute Gasteiger partial charge is 0.255 e. The van der Waals surface area contributed by atoms with E-state index >= 15 is 0 Å². The van der Waals surface area contributed by atoms with Gasteiger partial charge in [-0.2, -0.15) is 4.98 Å². The Balaban J connectivity index is 1.60. The van der Waals surface area contributed by atoms with Gasteiger partial charge in [0.05, 0.1) is 35.5 Å². The third-order valence-electron chi connectivity index (χ3n) is 6.06. The highest BCUT2D eigenvalue weighted by Gasteiger charge is 2.35. The Morgan fingerprint density at radius 3 is 2.46 bits per heavy atom. The third-order valence-corrected chi connectivity index (χ3v) is 6.80. The minimum atomic E-state index is -0.569. The first kappa shape index (κ1) is 24.7. The van der Waals surface area contributed by atoms with E-state index in [-0.39, 0.29) is 5.91 Å². The lowest BCUT2D eigenvalue weighted by Gasteiger charge is -2.29. The van der Waals surface area contributed by atoms with Gasteiger partial charge in [0.1, 0.15) is 17.5 Å². The fourth-order valence-corrected chi connectivity index (χ4v) is 4.53. The van der Waals surface area contributed by atoms with E-state index in [1.165, 1.54) is 0 Å². The molecule has 0 radical (unpaired) electrons. The van der Waals surface area contributed by atoms with Crippen molar-refractivity contribution in [1.29, 1.82) is 0 Å². The second-order valence-corrected chi connectivity index (χ2v) is 9.14. The molecule has 0 saturated carbocycles. The van der Waals surface area contributed by atoms with Gasteiger partial charge >= 0.3 is 0 Å². The maximum Gasteiger partial charge on any atom is 0.255 e. The summed E-state index contributed by atoms with van der Waals surface area (Å²) < 4.78 is 12.4. The molecule has 0 fully saturated rings. The number of nitrogens with one attached hydrogen (secondary N) is 2. The van der Waals surface area contributed by atoms with Crippen LogP contribution in [0.15, 0.2) is 78.0 Å². The summed E-state index contributed by atoms with van der Waals surface area (Å²) in [4.78, 5) is 18.4. The summed E-state index contributed by atoms with van der Waals surface area (Å²) in [5.74, 6) is 1.90. The molecule has 1 unspecified atom stereocenters. The molecule has 1 aliphatic heterocycles. The Bertz CT molecular complexity index is 1510. The van der Waals surface area contributed by atoms with Gasteiger partial charge in [-0.3, -0.25) is 4.79 Å². The van der Waals surface area contributed by atoms with Crippen molar-refractivity contribution < 1.29 is 14.3 Å². The molecule has 3 aromatic carbocycles. The molecule has 0 saturated heterocycles. The van der Waals surface area contributed by atoms with Gasteiger partial charge in [-0.15, -0.1) is 5.10 Å². The number of anilines is 2. The number of carbonyl (C=O) groups excluding carboxylic acids is 1. The van der Waals surface area contributed by atoms with Crippen molar-refractivity contribution in [2.45, 2.75) is 13.0 Å². The van der Waals surface area contributed by atoms with Crippen LogP contribution in [0.1, 0.15) is 18.5 Å². The number of para-hydroxylation sites is 2. The second-order valence-electron chi connectivity index (χ2n) is 8.33. The van der Waals surface area contributed by atoms with Gasteiger partial charge in [-0.1, -0.05) is 47.5 Å². The van der Waals surface area contributed by atoms with E-state index < -0.39 is 6.04 Å². The van der Waals surface area contributed by atoms with Gasteiger partial charge in [-0.05, 0) is 55.0 Å². The summed E-state index contributed by atoms with van der Waals surface area (Å²) in [6.07, 6.45) is 0. The lowest BCUT2D eigenvalue weighted by atomic mass is 9.95. The summed E-state index contributed by atoms with van der Waals surface area (Å²) in [7, 11) is 3.17. The van der Waals surface area contributed by atoms with Crippen LogP contribution in [0.25, 0.3) is 11.4 Å². The molecular formula is C27H23Cl2N5O3. The SMILES string of the molecule is COc1ccc(C2C(C(=O)Nc3ccccc3OC)=C(C)Nc3nc(-c4ccc(Cl)c(Cl)c4)nn32)cc1. The third kappa shape index (κ3) is 4.73. The summed E-state index contributed by atoms with van der Waals surface area (Å²) in [6, 6.07) is 19.4. The number of nitrogens with zero attached hydrogens (tertiary/aromatic N) is 3. The first-order chi connectivity index (χ1) is 17.9. The van der Waals surface area contributed by atoms with E-state index in [2.05, 4.69) is 15.6 Å². The average Bonchev–Trinajstić information content (AvgIpc) is 3.33. The summed E-state index contributed by atoms with van der Waals surface area (Å²) in [5, 5.41) is 11.8. The van der Waals surface area contributed by atoms with E-state index in [0.717, 1.165) is 5.56 Å². The molecule has 10 heteroatoms. The van der Waals surface area contributed by atoms with Crippen molar-refractivity contribution >= 4 is 40.7 Å². The largest absolute Gasteiger partial charge is 0.497 e. The Morgan fingerprint density at radius 1 is 1.00 bits per heavy atom. The molecule has 2 N–H and O–H groups in total. The van der Waals surface area contributed by atoms with Crippen LogP contribution in [0, 0.1) is 0 Å². The summed E-state index contributed by atoms with van der Waals surface area (Å²) in [5.41, 5.74) is 3.22. The number of aromatic nitrogens is 3. The zero-order valence-corrected chi connectivity index (χ0v) is 21.8. The number of benzene rings is 3.